The molecule has 0 saturated heterocycles. The molecule has 26 heavy (non-hydrogen) atoms. The monoisotopic (exact) mass is 343 g/mol. The smallest absolute Gasteiger partial charge is 0.145 e. The maximum atomic E-state index is 5.75. The van der Waals surface area contributed by atoms with Crippen LogP contribution in [0.1, 0.15) is 16.8 Å². The van der Waals surface area contributed by atoms with Crippen molar-refractivity contribution in [3.63, 3.8) is 0 Å². The SMILES string of the molecule is Cc1ccc(-c2n[nH]c(Cn3ccc(N)n3)c2-c2ccc(C)cc2)cc1. The molecule has 3 N–H and O–H groups in total. The molecule has 0 unspecified atom stereocenters. The average Bonchev–Trinajstić information content (AvgIpc) is 3.23. The molecule has 0 amide bonds. The summed E-state index contributed by atoms with van der Waals surface area (Å²) >= 11 is 0. The van der Waals surface area contributed by atoms with E-state index in [4.69, 9.17) is 5.73 Å². The predicted molar refractivity (Wildman–Crippen MR) is 105 cm³/mol. The molecule has 0 spiro atoms. The van der Waals surface area contributed by atoms with E-state index >= 15 is 0 Å². The summed E-state index contributed by atoms with van der Waals surface area (Å²) in [5, 5.41) is 12.1. The lowest BCUT2D eigenvalue weighted by Gasteiger charge is -2.08. The first kappa shape index (κ1) is 16.1. The van der Waals surface area contributed by atoms with Gasteiger partial charge in [-0.2, -0.15) is 10.2 Å². The molecule has 0 aliphatic heterocycles. The first-order valence-corrected chi connectivity index (χ1v) is 8.60. The molecule has 2 heterocycles. The third-order valence-electron chi connectivity index (χ3n) is 4.49. The van der Waals surface area contributed by atoms with Gasteiger partial charge in [0, 0.05) is 17.3 Å². The zero-order valence-corrected chi connectivity index (χ0v) is 14.9. The number of aromatic amines is 1. The molecule has 4 rings (SSSR count). The van der Waals surface area contributed by atoms with E-state index < -0.39 is 0 Å². The summed E-state index contributed by atoms with van der Waals surface area (Å²) < 4.78 is 1.82. The molecule has 0 aliphatic rings. The molecule has 4 aromatic rings. The summed E-state index contributed by atoms with van der Waals surface area (Å²) in [4.78, 5) is 0. The number of aromatic nitrogens is 4. The maximum absolute atomic E-state index is 5.75. The largest absolute Gasteiger partial charge is 0.382 e. The topological polar surface area (TPSA) is 72.5 Å². The zero-order chi connectivity index (χ0) is 18.1. The second-order valence-corrected chi connectivity index (χ2v) is 6.60. The van der Waals surface area contributed by atoms with Crippen LogP contribution in [0.5, 0.6) is 0 Å². The van der Waals surface area contributed by atoms with Gasteiger partial charge in [0.1, 0.15) is 11.5 Å². The summed E-state index contributed by atoms with van der Waals surface area (Å²) in [7, 11) is 0. The van der Waals surface area contributed by atoms with Gasteiger partial charge < -0.3 is 5.73 Å². The number of benzene rings is 2. The van der Waals surface area contributed by atoms with E-state index in [0.717, 1.165) is 28.1 Å². The molecule has 2 aromatic carbocycles. The van der Waals surface area contributed by atoms with E-state index in [1.807, 2.05) is 10.9 Å². The van der Waals surface area contributed by atoms with E-state index in [9.17, 15) is 0 Å². The lowest BCUT2D eigenvalue weighted by atomic mass is 9.97. The molecule has 5 nitrogen and oxygen atoms in total. The van der Waals surface area contributed by atoms with Crippen LogP contribution < -0.4 is 5.73 Å². The number of nitrogen functional groups attached to an aromatic ring is 1. The van der Waals surface area contributed by atoms with Crippen LogP contribution in [-0.4, -0.2) is 20.0 Å². The molecule has 5 heteroatoms. The second-order valence-electron chi connectivity index (χ2n) is 6.60. The van der Waals surface area contributed by atoms with Gasteiger partial charge in [-0.3, -0.25) is 9.78 Å². The maximum Gasteiger partial charge on any atom is 0.145 e. The van der Waals surface area contributed by atoms with Crippen molar-refractivity contribution < 1.29 is 0 Å². The Kier molecular flexibility index (Phi) is 4.05. The molecule has 2 aromatic heterocycles. The Balaban J connectivity index is 1.83. The minimum Gasteiger partial charge on any atom is -0.382 e. The minimum atomic E-state index is 0.514. The summed E-state index contributed by atoms with van der Waals surface area (Å²) in [6, 6.07) is 18.7. The number of nitrogens with zero attached hydrogens (tertiary/aromatic N) is 3. The highest BCUT2D eigenvalue weighted by atomic mass is 15.3. The Morgan fingerprint density at radius 3 is 2.08 bits per heavy atom. The quantitative estimate of drug-likeness (QED) is 0.583. The molecule has 0 atom stereocenters. The van der Waals surface area contributed by atoms with E-state index in [2.05, 4.69) is 77.7 Å². The summed E-state index contributed by atoms with van der Waals surface area (Å²) in [6.07, 6.45) is 1.88. The van der Waals surface area contributed by atoms with E-state index in [0.29, 0.717) is 12.4 Å². The summed E-state index contributed by atoms with van der Waals surface area (Å²) in [5.41, 5.74) is 13.5. The predicted octanol–water partition coefficient (Wildman–Crippen LogP) is 4.19. The standard InChI is InChI=1S/C21H21N5/c1-14-3-7-16(8-4-14)20-18(13-26-12-11-19(22)25-26)23-24-21(20)17-9-5-15(2)6-10-17/h3-12H,13H2,1-2H3,(H2,22,25)(H,23,24). The Morgan fingerprint density at radius 2 is 1.50 bits per heavy atom. The number of rotatable bonds is 4. The van der Waals surface area contributed by atoms with E-state index in [1.54, 1.807) is 6.07 Å². The Bertz CT molecular complexity index is 1020. The number of nitrogens with two attached hydrogens (primary N) is 1. The van der Waals surface area contributed by atoms with Crippen molar-refractivity contribution >= 4 is 5.82 Å². The number of aryl methyl sites for hydroxylation is 2. The van der Waals surface area contributed by atoms with Gasteiger partial charge in [0.05, 0.1) is 12.2 Å². The third-order valence-corrected chi connectivity index (χ3v) is 4.49. The molecule has 0 aliphatic carbocycles. The van der Waals surface area contributed by atoms with Crippen molar-refractivity contribution in [2.75, 3.05) is 5.73 Å². The van der Waals surface area contributed by atoms with Gasteiger partial charge in [-0.15, -0.1) is 0 Å². The van der Waals surface area contributed by atoms with Gasteiger partial charge in [-0.05, 0) is 25.5 Å². The van der Waals surface area contributed by atoms with Crippen LogP contribution in [-0.2, 0) is 6.54 Å². The number of anilines is 1. The second kappa shape index (κ2) is 6.52. The highest BCUT2D eigenvalue weighted by Gasteiger charge is 2.17. The molecule has 0 fully saturated rings. The molecule has 0 bridgehead atoms. The Hall–Kier alpha value is -3.34. The molecule has 0 radical (unpaired) electrons. The van der Waals surface area contributed by atoms with Crippen LogP contribution in [0, 0.1) is 13.8 Å². The Labute approximate surface area is 152 Å². The number of hydrogen-bond acceptors (Lipinski definition) is 3. The number of hydrogen-bond donors (Lipinski definition) is 2. The summed E-state index contributed by atoms with van der Waals surface area (Å²) in [6.45, 7) is 4.76. The minimum absolute atomic E-state index is 0.514. The number of H-pyrrole nitrogens is 1. The van der Waals surface area contributed by atoms with Crippen LogP contribution in [0.25, 0.3) is 22.4 Å². The molecular formula is C21H21N5. The lowest BCUT2D eigenvalue weighted by molar-refractivity contribution is 0.674. The average molecular weight is 343 g/mol. The fraction of sp³-hybridized carbons (Fsp3) is 0.143. The highest BCUT2D eigenvalue weighted by molar-refractivity contribution is 5.82. The highest BCUT2D eigenvalue weighted by Crippen LogP contribution is 2.34. The first-order valence-electron chi connectivity index (χ1n) is 8.60. The van der Waals surface area contributed by atoms with Crippen molar-refractivity contribution in [2.45, 2.75) is 20.4 Å². The van der Waals surface area contributed by atoms with Crippen LogP contribution >= 0.6 is 0 Å². The van der Waals surface area contributed by atoms with Crippen molar-refractivity contribution in [3.8, 4) is 22.4 Å². The van der Waals surface area contributed by atoms with E-state index in [1.165, 1.54) is 11.1 Å². The molecule has 130 valence electrons. The van der Waals surface area contributed by atoms with Crippen LogP contribution in [0.3, 0.4) is 0 Å². The third kappa shape index (κ3) is 3.11. The van der Waals surface area contributed by atoms with Gasteiger partial charge in [0.15, 0.2) is 0 Å². The lowest BCUT2D eigenvalue weighted by Crippen LogP contribution is -2.03. The van der Waals surface area contributed by atoms with Gasteiger partial charge in [-0.25, -0.2) is 0 Å². The first-order chi connectivity index (χ1) is 12.6. The van der Waals surface area contributed by atoms with E-state index in [-0.39, 0.29) is 0 Å². The van der Waals surface area contributed by atoms with Gasteiger partial charge in [0.25, 0.3) is 0 Å². The van der Waals surface area contributed by atoms with Crippen molar-refractivity contribution in [1.82, 2.24) is 20.0 Å². The van der Waals surface area contributed by atoms with Gasteiger partial charge >= 0.3 is 0 Å². The van der Waals surface area contributed by atoms with Crippen molar-refractivity contribution in [3.05, 3.63) is 77.6 Å². The van der Waals surface area contributed by atoms with Crippen molar-refractivity contribution in [2.24, 2.45) is 0 Å². The summed E-state index contributed by atoms with van der Waals surface area (Å²) in [5.74, 6) is 0.514. The van der Waals surface area contributed by atoms with Crippen LogP contribution in [0.2, 0.25) is 0 Å². The fourth-order valence-electron chi connectivity index (χ4n) is 3.07. The van der Waals surface area contributed by atoms with Crippen LogP contribution in [0.15, 0.2) is 60.8 Å². The Morgan fingerprint density at radius 1 is 0.885 bits per heavy atom. The van der Waals surface area contributed by atoms with Gasteiger partial charge in [0.2, 0.25) is 0 Å². The number of nitrogens with one attached hydrogen (secondary N) is 1. The van der Waals surface area contributed by atoms with Crippen molar-refractivity contribution in [1.29, 1.82) is 0 Å². The fourth-order valence-corrected chi connectivity index (χ4v) is 3.07. The zero-order valence-electron chi connectivity index (χ0n) is 14.9. The molecule has 0 saturated carbocycles. The van der Waals surface area contributed by atoms with Crippen LogP contribution in [0.4, 0.5) is 5.82 Å². The van der Waals surface area contributed by atoms with Gasteiger partial charge in [-0.1, -0.05) is 59.7 Å². The normalized spacial score (nSPS) is 11.0. The molecular weight excluding hydrogens is 322 g/mol.